The maximum absolute atomic E-state index is 12.0. The normalized spacial score (nSPS) is 19.4. The quantitative estimate of drug-likeness (QED) is 0.796. The summed E-state index contributed by atoms with van der Waals surface area (Å²) in [5, 5.41) is 5.50. The highest BCUT2D eigenvalue weighted by atomic mass is 16.2. The number of benzene rings is 1. The first-order valence-electron chi connectivity index (χ1n) is 9.97. The highest BCUT2D eigenvalue weighted by Gasteiger charge is 2.27. The van der Waals surface area contributed by atoms with E-state index < -0.39 is 11.8 Å². The van der Waals surface area contributed by atoms with Gasteiger partial charge in [0.2, 0.25) is 0 Å². The van der Waals surface area contributed by atoms with E-state index in [4.69, 9.17) is 0 Å². The van der Waals surface area contributed by atoms with Gasteiger partial charge in [-0.05, 0) is 57.2 Å². The van der Waals surface area contributed by atoms with Crippen molar-refractivity contribution < 1.29 is 9.59 Å². The summed E-state index contributed by atoms with van der Waals surface area (Å²) >= 11 is 0. The zero-order valence-corrected chi connectivity index (χ0v) is 15.8. The maximum Gasteiger partial charge on any atom is 0.309 e. The summed E-state index contributed by atoms with van der Waals surface area (Å²) in [6.07, 6.45) is 7.67. The van der Waals surface area contributed by atoms with Gasteiger partial charge < -0.3 is 15.5 Å². The second-order valence-electron chi connectivity index (χ2n) is 7.80. The van der Waals surface area contributed by atoms with Gasteiger partial charge in [-0.2, -0.15) is 0 Å². The molecule has 1 saturated heterocycles. The summed E-state index contributed by atoms with van der Waals surface area (Å²) in [5.74, 6) is -0.578. The Hall–Kier alpha value is -1.88. The van der Waals surface area contributed by atoms with Gasteiger partial charge in [0.1, 0.15) is 0 Å². The van der Waals surface area contributed by atoms with Crippen molar-refractivity contribution in [2.75, 3.05) is 19.6 Å². The second-order valence-corrected chi connectivity index (χ2v) is 7.80. The van der Waals surface area contributed by atoms with E-state index in [1.54, 1.807) is 0 Å². The van der Waals surface area contributed by atoms with Gasteiger partial charge in [-0.25, -0.2) is 0 Å². The number of likely N-dealkylation sites (tertiary alicyclic amines) is 1. The Morgan fingerprint density at radius 2 is 1.58 bits per heavy atom. The molecule has 0 bridgehead atoms. The smallest absolute Gasteiger partial charge is 0.309 e. The summed E-state index contributed by atoms with van der Waals surface area (Å²) < 4.78 is 0. The second kappa shape index (κ2) is 9.17. The van der Waals surface area contributed by atoms with Crippen LogP contribution < -0.4 is 10.6 Å². The van der Waals surface area contributed by atoms with Crippen LogP contribution in [0.25, 0.3) is 0 Å². The molecule has 1 aliphatic carbocycles. The van der Waals surface area contributed by atoms with Gasteiger partial charge in [0.05, 0.1) is 0 Å². The van der Waals surface area contributed by atoms with Gasteiger partial charge in [-0.15, -0.1) is 0 Å². The van der Waals surface area contributed by atoms with Crippen molar-refractivity contribution in [1.82, 2.24) is 15.5 Å². The molecule has 2 fully saturated rings. The van der Waals surface area contributed by atoms with E-state index in [0.717, 1.165) is 37.5 Å². The van der Waals surface area contributed by atoms with Crippen molar-refractivity contribution in [2.24, 2.45) is 5.92 Å². The lowest BCUT2D eigenvalue weighted by atomic mass is 9.95. The molecule has 0 spiro atoms. The monoisotopic (exact) mass is 357 g/mol. The number of nitrogens with one attached hydrogen (secondary N) is 2. The minimum Gasteiger partial charge on any atom is -0.348 e. The molecule has 1 aliphatic heterocycles. The molecule has 2 amide bonds. The fourth-order valence-electron chi connectivity index (χ4n) is 4.08. The number of nitrogens with zero attached hydrogens (tertiary/aromatic N) is 1. The summed E-state index contributed by atoms with van der Waals surface area (Å²) in [4.78, 5) is 26.6. The molecular weight excluding hydrogens is 326 g/mol. The predicted octanol–water partition coefficient (Wildman–Crippen LogP) is 2.38. The van der Waals surface area contributed by atoms with E-state index in [2.05, 4.69) is 15.5 Å². The molecule has 2 aliphatic rings. The lowest BCUT2D eigenvalue weighted by molar-refractivity contribution is -0.139. The average Bonchev–Trinajstić information content (AvgIpc) is 3.20. The fourth-order valence-corrected chi connectivity index (χ4v) is 4.08. The molecule has 142 valence electrons. The van der Waals surface area contributed by atoms with E-state index in [9.17, 15) is 9.59 Å². The van der Waals surface area contributed by atoms with Crippen molar-refractivity contribution in [2.45, 2.75) is 58.0 Å². The van der Waals surface area contributed by atoms with Gasteiger partial charge >= 0.3 is 11.8 Å². The Balaban J connectivity index is 1.33. The summed E-state index contributed by atoms with van der Waals surface area (Å²) in [6, 6.07) is 8.72. The van der Waals surface area contributed by atoms with Gasteiger partial charge in [-0.3, -0.25) is 9.59 Å². The van der Waals surface area contributed by atoms with E-state index in [1.807, 2.05) is 31.2 Å². The van der Waals surface area contributed by atoms with Crippen LogP contribution in [0, 0.1) is 12.8 Å². The van der Waals surface area contributed by atoms with Crippen molar-refractivity contribution in [1.29, 1.82) is 0 Å². The number of hydrogen-bond donors (Lipinski definition) is 2. The molecule has 26 heavy (non-hydrogen) atoms. The van der Waals surface area contributed by atoms with Crippen molar-refractivity contribution in [3.63, 3.8) is 0 Å². The maximum atomic E-state index is 12.0. The Bertz CT molecular complexity index is 600. The molecule has 3 rings (SSSR count). The lowest BCUT2D eigenvalue weighted by Gasteiger charge is -2.36. The lowest BCUT2D eigenvalue weighted by Crippen LogP contribution is -2.45. The van der Waals surface area contributed by atoms with E-state index in [-0.39, 0.29) is 0 Å². The zero-order chi connectivity index (χ0) is 18.4. The van der Waals surface area contributed by atoms with Crippen LogP contribution in [0.3, 0.4) is 0 Å². The average molecular weight is 357 g/mol. The van der Waals surface area contributed by atoms with Crippen LogP contribution in [0.5, 0.6) is 0 Å². The summed E-state index contributed by atoms with van der Waals surface area (Å²) in [5.41, 5.74) is 2.17. The first-order chi connectivity index (χ1) is 12.6. The van der Waals surface area contributed by atoms with Crippen LogP contribution in [0.2, 0.25) is 0 Å². The topological polar surface area (TPSA) is 61.4 Å². The Labute approximate surface area is 156 Å². The number of aryl methyl sites for hydroxylation is 1. The first kappa shape index (κ1) is 18.9. The van der Waals surface area contributed by atoms with Gasteiger partial charge in [0.15, 0.2) is 0 Å². The fraction of sp³-hybridized carbons (Fsp3) is 0.619. The van der Waals surface area contributed by atoms with Crippen molar-refractivity contribution in [3.05, 3.63) is 35.4 Å². The van der Waals surface area contributed by atoms with Crippen LogP contribution in [0.4, 0.5) is 0 Å². The molecule has 0 radical (unpaired) electrons. The first-order valence-corrected chi connectivity index (χ1v) is 9.97. The molecule has 0 unspecified atom stereocenters. The van der Waals surface area contributed by atoms with Crippen molar-refractivity contribution >= 4 is 11.8 Å². The summed E-state index contributed by atoms with van der Waals surface area (Å²) in [7, 11) is 0. The molecule has 1 heterocycles. The van der Waals surface area contributed by atoms with Crippen LogP contribution in [-0.2, 0) is 16.1 Å². The number of carbonyl (C=O) groups is 2. The number of amides is 2. The third-order valence-electron chi connectivity index (χ3n) is 5.82. The highest BCUT2D eigenvalue weighted by Crippen LogP contribution is 2.27. The SMILES string of the molecule is Cc1ccc(CNC(=O)C(=O)NCC2CCN(C3CCCC3)CC2)cc1. The molecule has 0 atom stereocenters. The standard InChI is InChI=1S/C21H31N3O2/c1-16-6-8-17(9-7-16)14-22-20(25)21(26)23-15-18-10-12-24(13-11-18)19-4-2-3-5-19/h6-9,18-19H,2-5,10-15H2,1H3,(H,22,25)(H,23,26). The van der Waals surface area contributed by atoms with Gasteiger partial charge in [0, 0.05) is 19.1 Å². The van der Waals surface area contributed by atoms with E-state index in [0.29, 0.717) is 19.0 Å². The molecule has 5 nitrogen and oxygen atoms in total. The summed E-state index contributed by atoms with van der Waals surface area (Å²) in [6.45, 7) is 5.27. The van der Waals surface area contributed by atoms with Crippen LogP contribution in [0.1, 0.15) is 49.7 Å². The molecule has 5 heteroatoms. The highest BCUT2D eigenvalue weighted by molar-refractivity contribution is 6.35. The zero-order valence-electron chi connectivity index (χ0n) is 15.8. The van der Waals surface area contributed by atoms with Crippen molar-refractivity contribution in [3.8, 4) is 0 Å². The van der Waals surface area contributed by atoms with Crippen LogP contribution in [-0.4, -0.2) is 42.4 Å². The molecule has 1 aromatic carbocycles. The third kappa shape index (κ3) is 5.31. The van der Waals surface area contributed by atoms with Crippen LogP contribution in [0.15, 0.2) is 24.3 Å². The molecular formula is C21H31N3O2. The Morgan fingerprint density at radius 3 is 2.23 bits per heavy atom. The largest absolute Gasteiger partial charge is 0.348 e. The minimum absolute atomic E-state index is 0.381. The van der Waals surface area contributed by atoms with E-state index >= 15 is 0 Å². The Morgan fingerprint density at radius 1 is 0.962 bits per heavy atom. The third-order valence-corrected chi connectivity index (χ3v) is 5.82. The number of carbonyl (C=O) groups excluding carboxylic acids is 2. The van der Waals surface area contributed by atoms with Crippen LogP contribution >= 0.6 is 0 Å². The van der Waals surface area contributed by atoms with Gasteiger partial charge in [0.25, 0.3) is 0 Å². The predicted molar refractivity (Wildman–Crippen MR) is 103 cm³/mol. The number of rotatable bonds is 5. The minimum atomic E-state index is -0.547. The molecule has 1 aromatic rings. The van der Waals surface area contributed by atoms with E-state index in [1.165, 1.54) is 31.2 Å². The number of piperidine rings is 1. The molecule has 0 aromatic heterocycles. The Kier molecular flexibility index (Phi) is 6.67. The molecule has 1 saturated carbocycles. The molecule has 2 N–H and O–H groups in total. The van der Waals surface area contributed by atoms with Gasteiger partial charge in [-0.1, -0.05) is 42.7 Å². The number of hydrogen-bond acceptors (Lipinski definition) is 3.